The van der Waals surface area contributed by atoms with Crippen molar-refractivity contribution >= 4 is 11.8 Å². The van der Waals surface area contributed by atoms with Gasteiger partial charge in [0, 0.05) is 17.5 Å². The van der Waals surface area contributed by atoms with Crippen LogP contribution in [0.5, 0.6) is 0 Å². The minimum atomic E-state index is 0.316. The molecule has 1 atom stereocenters. The van der Waals surface area contributed by atoms with Gasteiger partial charge in [-0.3, -0.25) is 0 Å². The van der Waals surface area contributed by atoms with E-state index < -0.39 is 0 Å². The number of thioether (sulfide) groups is 1. The van der Waals surface area contributed by atoms with Crippen LogP contribution in [0.25, 0.3) is 0 Å². The molecule has 2 nitrogen and oxygen atoms in total. The second-order valence-electron chi connectivity index (χ2n) is 4.41. The zero-order chi connectivity index (χ0) is 11.4. The molecule has 0 radical (unpaired) electrons. The molecule has 1 aromatic rings. The molecule has 1 saturated carbocycles. The lowest BCUT2D eigenvalue weighted by atomic mass is 10.1. The maximum atomic E-state index is 5.81. The van der Waals surface area contributed by atoms with E-state index in [-0.39, 0.29) is 0 Å². The molecule has 0 amide bonds. The Kier molecular flexibility index (Phi) is 4.27. The van der Waals surface area contributed by atoms with Crippen LogP contribution in [0.15, 0.2) is 29.2 Å². The Hall–Kier alpha value is -0.510. The van der Waals surface area contributed by atoms with Crippen LogP contribution >= 0.6 is 11.8 Å². The number of nitrogens with one attached hydrogen (secondary N) is 1. The summed E-state index contributed by atoms with van der Waals surface area (Å²) < 4.78 is 0. The molecule has 1 fully saturated rings. The van der Waals surface area contributed by atoms with E-state index in [9.17, 15) is 0 Å². The first-order chi connectivity index (χ1) is 7.83. The molecule has 3 N–H and O–H groups in total. The lowest BCUT2D eigenvalue weighted by molar-refractivity contribution is 0.522. The Balaban J connectivity index is 1.94. The molecule has 1 aliphatic rings. The zero-order valence-electron chi connectivity index (χ0n) is 9.78. The molecule has 0 aromatic heterocycles. The van der Waals surface area contributed by atoms with Crippen LogP contribution in [0, 0.1) is 5.92 Å². The number of nitrogens with two attached hydrogens (primary N) is 1. The molecule has 0 saturated heterocycles. The molecule has 2 rings (SSSR count). The normalized spacial score (nSPS) is 17.4. The van der Waals surface area contributed by atoms with Gasteiger partial charge in [-0.05, 0) is 49.3 Å². The van der Waals surface area contributed by atoms with Crippen molar-refractivity contribution in [2.75, 3.05) is 19.3 Å². The van der Waals surface area contributed by atoms with Crippen molar-refractivity contribution in [3.63, 3.8) is 0 Å². The third-order valence-corrected chi connectivity index (χ3v) is 3.85. The lowest BCUT2D eigenvalue weighted by Crippen LogP contribution is -2.29. The van der Waals surface area contributed by atoms with Gasteiger partial charge in [0.1, 0.15) is 0 Å². The summed E-state index contributed by atoms with van der Waals surface area (Å²) >= 11 is 1.77. The fourth-order valence-electron chi connectivity index (χ4n) is 1.80. The molecule has 3 heteroatoms. The minimum Gasteiger partial charge on any atom is -0.329 e. The highest BCUT2D eigenvalue weighted by Crippen LogP contribution is 2.28. The Labute approximate surface area is 102 Å². The van der Waals surface area contributed by atoms with E-state index in [1.54, 1.807) is 11.8 Å². The Morgan fingerprint density at radius 2 is 2.06 bits per heavy atom. The maximum Gasteiger partial charge on any atom is 0.0444 e. The van der Waals surface area contributed by atoms with Crippen molar-refractivity contribution < 1.29 is 0 Å². The van der Waals surface area contributed by atoms with Crippen LogP contribution in [0.2, 0.25) is 0 Å². The third-order valence-electron chi connectivity index (χ3n) is 3.10. The van der Waals surface area contributed by atoms with Gasteiger partial charge in [-0.15, -0.1) is 11.8 Å². The van der Waals surface area contributed by atoms with Crippen LogP contribution in [0.1, 0.15) is 24.4 Å². The van der Waals surface area contributed by atoms with Crippen molar-refractivity contribution in [1.82, 2.24) is 5.32 Å². The average molecular weight is 236 g/mol. The molecule has 0 bridgehead atoms. The maximum absolute atomic E-state index is 5.81. The number of hydrogen-bond donors (Lipinski definition) is 2. The van der Waals surface area contributed by atoms with E-state index in [0.29, 0.717) is 12.6 Å². The van der Waals surface area contributed by atoms with Crippen LogP contribution in [-0.4, -0.2) is 19.3 Å². The number of hydrogen-bond acceptors (Lipinski definition) is 3. The van der Waals surface area contributed by atoms with Crippen molar-refractivity contribution in [1.29, 1.82) is 0 Å². The molecule has 16 heavy (non-hydrogen) atoms. The van der Waals surface area contributed by atoms with Crippen LogP contribution in [0.4, 0.5) is 0 Å². The monoisotopic (exact) mass is 236 g/mol. The van der Waals surface area contributed by atoms with Gasteiger partial charge >= 0.3 is 0 Å². The average Bonchev–Trinajstić information content (AvgIpc) is 3.15. The van der Waals surface area contributed by atoms with Gasteiger partial charge in [-0.25, -0.2) is 0 Å². The fraction of sp³-hybridized carbons (Fsp3) is 0.538. The molecule has 88 valence electrons. The van der Waals surface area contributed by atoms with E-state index in [2.05, 4.69) is 35.8 Å². The molecular formula is C13H20N2S. The lowest BCUT2D eigenvalue weighted by Gasteiger charge is -2.17. The van der Waals surface area contributed by atoms with Crippen LogP contribution in [-0.2, 0) is 0 Å². The van der Waals surface area contributed by atoms with Gasteiger partial charge < -0.3 is 11.1 Å². The quantitative estimate of drug-likeness (QED) is 0.745. The molecule has 0 heterocycles. The fourth-order valence-corrected chi connectivity index (χ4v) is 2.21. The summed E-state index contributed by atoms with van der Waals surface area (Å²) in [5.74, 6) is 0.902. The van der Waals surface area contributed by atoms with Gasteiger partial charge in [-0.1, -0.05) is 12.1 Å². The first-order valence-corrected chi connectivity index (χ1v) is 7.13. The molecule has 1 aromatic carbocycles. The highest BCUT2D eigenvalue weighted by molar-refractivity contribution is 7.98. The van der Waals surface area contributed by atoms with E-state index in [1.807, 2.05) is 0 Å². The Bertz CT molecular complexity index is 319. The number of benzene rings is 1. The highest BCUT2D eigenvalue weighted by atomic mass is 32.2. The number of rotatable bonds is 6. The summed E-state index contributed by atoms with van der Waals surface area (Å²) in [4.78, 5) is 1.31. The van der Waals surface area contributed by atoms with E-state index in [0.717, 1.165) is 12.5 Å². The van der Waals surface area contributed by atoms with Crippen molar-refractivity contribution in [2.24, 2.45) is 11.7 Å². The predicted molar refractivity (Wildman–Crippen MR) is 70.7 cm³/mol. The summed E-state index contributed by atoms with van der Waals surface area (Å²) in [6, 6.07) is 9.02. The summed E-state index contributed by atoms with van der Waals surface area (Å²) in [5.41, 5.74) is 7.12. The van der Waals surface area contributed by atoms with E-state index in [1.165, 1.54) is 23.3 Å². The largest absolute Gasteiger partial charge is 0.329 e. The topological polar surface area (TPSA) is 38.0 Å². The smallest absolute Gasteiger partial charge is 0.0444 e. The molecule has 0 spiro atoms. The van der Waals surface area contributed by atoms with Crippen molar-refractivity contribution in [2.45, 2.75) is 23.8 Å². The van der Waals surface area contributed by atoms with Gasteiger partial charge in [0.2, 0.25) is 0 Å². The second kappa shape index (κ2) is 5.71. The first-order valence-electron chi connectivity index (χ1n) is 5.91. The first kappa shape index (κ1) is 12.0. The van der Waals surface area contributed by atoms with Crippen molar-refractivity contribution in [3.8, 4) is 0 Å². The molecule has 0 aliphatic heterocycles. The SMILES string of the molecule is CSc1ccc(C(CN)NCC2CC2)cc1. The van der Waals surface area contributed by atoms with Gasteiger partial charge in [0.25, 0.3) is 0 Å². The summed E-state index contributed by atoms with van der Waals surface area (Å²) in [5, 5.41) is 3.55. The van der Waals surface area contributed by atoms with Crippen LogP contribution < -0.4 is 11.1 Å². The van der Waals surface area contributed by atoms with Crippen LogP contribution in [0.3, 0.4) is 0 Å². The predicted octanol–water partition coefficient (Wildman–Crippen LogP) is 2.41. The van der Waals surface area contributed by atoms with E-state index in [4.69, 9.17) is 5.73 Å². The molecule has 1 unspecified atom stereocenters. The van der Waals surface area contributed by atoms with Gasteiger partial charge in [0.15, 0.2) is 0 Å². The summed E-state index contributed by atoms with van der Waals surface area (Å²) in [7, 11) is 0. The Morgan fingerprint density at radius 1 is 1.38 bits per heavy atom. The minimum absolute atomic E-state index is 0.316. The van der Waals surface area contributed by atoms with Gasteiger partial charge in [0.05, 0.1) is 0 Å². The molecular weight excluding hydrogens is 216 g/mol. The van der Waals surface area contributed by atoms with Gasteiger partial charge in [-0.2, -0.15) is 0 Å². The third kappa shape index (κ3) is 3.24. The second-order valence-corrected chi connectivity index (χ2v) is 5.29. The Morgan fingerprint density at radius 3 is 2.56 bits per heavy atom. The zero-order valence-corrected chi connectivity index (χ0v) is 10.6. The summed E-state index contributed by atoms with van der Waals surface area (Å²) in [6.45, 7) is 1.79. The standard InChI is InChI=1S/C13H20N2S/c1-16-12-6-4-11(5-7-12)13(8-14)15-9-10-2-3-10/h4-7,10,13,15H,2-3,8-9,14H2,1H3. The molecule has 1 aliphatic carbocycles. The highest BCUT2D eigenvalue weighted by Gasteiger charge is 2.22. The van der Waals surface area contributed by atoms with E-state index >= 15 is 0 Å². The van der Waals surface area contributed by atoms with Crippen molar-refractivity contribution in [3.05, 3.63) is 29.8 Å². The summed E-state index contributed by atoms with van der Waals surface area (Å²) in [6.07, 6.45) is 4.87.